The minimum Gasteiger partial charge on any atom is -0.490 e. The van der Waals surface area contributed by atoms with Gasteiger partial charge in [0.25, 0.3) is 5.91 Å². The molecule has 1 aliphatic heterocycles. The Morgan fingerprint density at radius 1 is 1.36 bits per heavy atom. The van der Waals surface area contributed by atoms with Gasteiger partial charge in [-0.1, -0.05) is 0 Å². The summed E-state index contributed by atoms with van der Waals surface area (Å²) in [6.07, 6.45) is 4.01. The van der Waals surface area contributed by atoms with Crippen molar-refractivity contribution in [2.24, 2.45) is 11.7 Å². The first-order chi connectivity index (χ1) is 12.0. The molecule has 4 rings (SSSR count). The molecule has 25 heavy (non-hydrogen) atoms. The average Bonchev–Trinajstić information content (AvgIpc) is 3.17. The van der Waals surface area contributed by atoms with Crippen molar-refractivity contribution in [1.82, 2.24) is 10.3 Å². The van der Waals surface area contributed by atoms with Crippen LogP contribution in [0.1, 0.15) is 37.0 Å². The summed E-state index contributed by atoms with van der Waals surface area (Å²) in [7, 11) is 0. The van der Waals surface area contributed by atoms with Gasteiger partial charge in [0.2, 0.25) is 5.88 Å². The fraction of sp³-hybridized carbons (Fsp3) is 0.474. The van der Waals surface area contributed by atoms with Gasteiger partial charge in [0.05, 0.1) is 11.7 Å². The highest BCUT2D eigenvalue weighted by molar-refractivity contribution is 6.01. The molecule has 132 valence electrons. The van der Waals surface area contributed by atoms with Crippen molar-refractivity contribution >= 4 is 16.7 Å². The molecule has 2 bridgehead atoms. The van der Waals surface area contributed by atoms with Gasteiger partial charge < -0.3 is 20.5 Å². The van der Waals surface area contributed by atoms with Gasteiger partial charge in [-0.05, 0) is 50.3 Å². The summed E-state index contributed by atoms with van der Waals surface area (Å²) >= 11 is 0. The number of benzene rings is 1. The molecule has 2 aliphatic rings. The molecule has 1 saturated carbocycles. The van der Waals surface area contributed by atoms with E-state index in [2.05, 4.69) is 10.3 Å². The van der Waals surface area contributed by atoms with Crippen LogP contribution in [-0.4, -0.2) is 35.7 Å². The Bertz CT molecular complexity index is 821. The van der Waals surface area contributed by atoms with E-state index in [4.69, 9.17) is 15.2 Å². The number of pyridine rings is 1. The van der Waals surface area contributed by atoms with Crippen molar-refractivity contribution in [1.29, 1.82) is 0 Å². The second kappa shape index (κ2) is 6.19. The molecule has 1 aromatic heterocycles. The van der Waals surface area contributed by atoms with E-state index in [-0.39, 0.29) is 12.2 Å². The standard InChI is InChI=1S/C19H23N3O3/c1-10(2)24-17-8-14-11(6-15(17)18(20)23)3-4-21-19(14)25-16-7-13-5-12(16)9-22-13/h3-4,6,8,10,12-13,16,22H,5,7,9H2,1-2H3,(H2,20,23)/t12-,13-,16+/m1/s1. The van der Waals surface area contributed by atoms with Gasteiger partial charge in [-0.2, -0.15) is 0 Å². The molecule has 2 fully saturated rings. The van der Waals surface area contributed by atoms with Crippen LogP contribution >= 0.6 is 0 Å². The quantitative estimate of drug-likeness (QED) is 0.871. The van der Waals surface area contributed by atoms with Crippen molar-refractivity contribution in [3.8, 4) is 11.6 Å². The molecule has 2 heterocycles. The number of carbonyl (C=O) groups is 1. The number of primary amides is 1. The number of nitrogens with two attached hydrogens (primary N) is 1. The summed E-state index contributed by atoms with van der Waals surface area (Å²) in [5.74, 6) is 1.11. The number of nitrogens with zero attached hydrogens (tertiary/aromatic N) is 1. The number of hydrogen-bond donors (Lipinski definition) is 2. The van der Waals surface area contributed by atoms with Crippen LogP contribution in [0, 0.1) is 5.92 Å². The Labute approximate surface area is 146 Å². The first-order valence-corrected chi connectivity index (χ1v) is 8.80. The van der Waals surface area contributed by atoms with E-state index in [1.165, 1.54) is 6.42 Å². The number of hydrogen-bond acceptors (Lipinski definition) is 5. The molecule has 1 aliphatic carbocycles. The number of nitrogens with one attached hydrogen (secondary N) is 1. The normalized spacial score (nSPS) is 24.8. The predicted molar refractivity (Wildman–Crippen MR) is 95.0 cm³/mol. The molecule has 1 aromatic carbocycles. The van der Waals surface area contributed by atoms with E-state index in [1.807, 2.05) is 26.0 Å². The molecule has 6 heteroatoms. The fourth-order valence-corrected chi connectivity index (χ4v) is 3.89. The van der Waals surface area contributed by atoms with Crippen LogP contribution in [-0.2, 0) is 0 Å². The lowest BCUT2D eigenvalue weighted by molar-refractivity contribution is 0.0994. The summed E-state index contributed by atoms with van der Waals surface area (Å²) < 4.78 is 12.1. The Hall–Kier alpha value is -2.34. The third-order valence-corrected chi connectivity index (χ3v) is 5.02. The first kappa shape index (κ1) is 16.1. The Morgan fingerprint density at radius 3 is 2.84 bits per heavy atom. The highest BCUT2D eigenvalue weighted by Gasteiger charge is 2.41. The summed E-state index contributed by atoms with van der Waals surface area (Å²) in [6.45, 7) is 4.84. The number of amides is 1. The van der Waals surface area contributed by atoms with Gasteiger partial charge in [-0.25, -0.2) is 4.98 Å². The molecule has 0 unspecified atom stereocenters. The van der Waals surface area contributed by atoms with Crippen LogP contribution in [0.4, 0.5) is 0 Å². The smallest absolute Gasteiger partial charge is 0.252 e. The van der Waals surface area contributed by atoms with E-state index < -0.39 is 5.91 Å². The van der Waals surface area contributed by atoms with Gasteiger partial charge in [0, 0.05) is 30.1 Å². The lowest BCUT2D eigenvalue weighted by Crippen LogP contribution is -2.35. The van der Waals surface area contributed by atoms with Crippen LogP contribution in [0.2, 0.25) is 0 Å². The number of fused-ring (bicyclic) bond motifs is 3. The third kappa shape index (κ3) is 3.02. The van der Waals surface area contributed by atoms with Crippen LogP contribution in [0.25, 0.3) is 10.8 Å². The minimum absolute atomic E-state index is 0.0618. The monoisotopic (exact) mass is 341 g/mol. The number of piperidine rings is 1. The maximum absolute atomic E-state index is 11.8. The molecule has 1 amide bonds. The summed E-state index contributed by atoms with van der Waals surface area (Å²) in [6, 6.07) is 6.00. The summed E-state index contributed by atoms with van der Waals surface area (Å²) in [5, 5.41) is 5.21. The van der Waals surface area contributed by atoms with Crippen LogP contribution in [0.15, 0.2) is 24.4 Å². The van der Waals surface area contributed by atoms with Crippen molar-refractivity contribution in [3.05, 3.63) is 30.0 Å². The lowest BCUT2D eigenvalue weighted by atomic mass is 10.1. The van der Waals surface area contributed by atoms with E-state index >= 15 is 0 Å². The number of ether oxygens (including phenoxy) is 2. The van der Waals surface area contributed by atoms with Gasteiger partial charge in [0.1, 0.15) is 11.9 Å². The highest BCUT2D eigenvalue weighted by Crippen LogP contribution is 2.37. The zero-order valence-corrected chi connectivity index (χ0v) is 14.5. The van der Waals surface area contributed by atoms with Gasteiger partial charge >= 0.3 is 0 Å². The summed E-state index contributed by atoms with van der Waals surface area (Å²) in [4.78, 5) is 16.2. The molecule has 6 nitrogen and oxygen atoms in total. The Kier molecular flexibility index (Phi) is 4.00. The van der Waals surface area contributed by atoms with Gasteiger partial charge in [0.15, 0.2) is 0 Å². The summed E-state index contributed by atoms with van der Waals surface area (Å²) in [5.41, 5.74) is 5.90. The van der Waals surface area contributed by atoms with Crippen LogP contribution in [0.5, 0.6) is 11.6 Å². The fourth-order valence-electron chi connectivity index (χ4n) is 3.89. The topological polar surface area (TPSA) is 86.5 Å². The van der Waals surface area contributed by atoms with E-state index in [0.29, 0.717) is 29.2 Å². The molecule has 2 aromatic rings. The molecule has 1 saturated heterocycles. The lowest BCUT2D eigenvalue weighted by Gasteiger charge is -2.24. The van der Waals surface area contributed by atoms with E-state index in [0.717, 1.165) is 23.7 Å². The number of aromatic nitrogens is 1. The second-order valence-electron chi connectivity index (χ2n) is 7.21. The minimum atomic E-state index is -0.504. The van der Waals surface area contributed by atoms with E-state index in [1.54, 1.807) is 12.3 Å². The van der Waals surface area contributed by atoms with Crippen molar-refractivity contribution in [2.75, 3.05) is 6.54 Å². The molecular weight excluding hydrogens is 318 g/mol. The molecule has 0 radical (unpaired) electrons. The molecular formula is C19H23N3O3. The predicted octanol–water partition coefficient (Wildman–Crippen LogP) is 2.25. The number of carbonyl (C=O) groups excluding carboxylic acids is 1. The van der Waals surface area contributed by atoms with E-state index in [9.17, 15) is 4.79 Å². The molecule has 0 spiro atoms. The third-order valence-electron chi connectivity index (χ3n) is 5.02. The van der Waals surface area contributed by atoms with Crippen molar-refractivity contribution in [2.45, 2.75) is 44.9 Å². The van der Waals surface area contributed by atoms with Gasteiger partial charge in [-0.3, -0.25) is 4.79 Å². The van der Waals surface area contributed by atoms with Crippen LogP contribution in [0.3, 0.4) is 0 Å². The average molecular weight is 341 g/mol. The largest absolute Gasteiger partial charge is 0.490 e. The SMILES string of the molecule is CC(C)Oc1cc2c(O[C@H]3C[C@H]4C[C@@H]3CN4)nccc2cc1C(N)=O. The Morgan fingerprint density at radius 2 is 2.20 bits per heavy atom. The second-order valence-corrected chi connectivity index (χ2v) is 7.21. The Balaban J connectivity index is 1.73. The molecule has 3 N–H and O–H groups in total. The highest BCUT2D eigenvalue weighted by atomic mass is 16.5. The van der Waals surface area contributed by atoms with Crippen molar-refractivity contribution < 1.29 is 14.3 Å². The van der Waals surface area contributed by atoms with Crippen molar-refractivity contribution in [3.63, 3.8) is 0 Å². The van der Waals surface area contributed by atoms with Gasteiger partial charge in [-0.15, -0.1) is 0 Å². The zero-order chi connectivity index (χ0) is 17.6. The van der Waals surface area contributed by atoms with Crippen LogP contribution < -0.4 is 20.5 Å². The first-order valence-electron chi connectivity index (χ1n) is 8.80. The molecule has 3 atom stereocenters. The maximum atomic E-state index is 11.8. The maximum Gasteiger partial charge on any atom is 0.252 e. The number of rotatable bonds is 5. The zero-order valence-electron chi connectivity index (χ0n) is 14.5.